The van der Waals surface area contributed by atoms with E-state index in [0.717, 1.165) is 43.9 Å². The number of nitrogens with two attached hydrogens (primary N) is 1. The molecule has 2 saturated heterocycles. The lowest BCUT2D eigenvalue weighted by Crippen LogP contribution is -2.50. The van der Waals surface area contributed by atoms with E-state index >= 15 is 0 Å². The van der Waals surface area contributed by atoms with Crippen molar-refractivity contribution in [1.82, 2.24) is 25.7 Å². The molecule has 2 aromatic rings. The third-order valence-corrected chi connectivity index (χ3v) is 6.22. The van der Waals surface area contributed by atoms with E-state index in [1.807, 2.05) is 17.0 Å². The van der Waals surface area contributed by atoms with Gasteiger partial charge in [-0.1, -0.05) is 12.1 Å². The average molecular weight is 399 g/mol. The molecule has 2 fully saturated rings. The van der Waals surface area contributed by atoms with Crippen LogP contribution in [0.5, 0.6) is 5.75 Å². The highest BCUT2D eigenvalue weighted by atomic mass is 16.5. The fourth-order valence-corrected chi connectivity index (χ4v) is 4.59. The second-order valence-corrected chi connectivity index (χ2v) is 7.98. The van der Waals surface area contributed by atoms with Crippen LogP contribution in [0.4, 0.5) is 0 Å². The molecule has 0 saturated carbocycles. The number of ether oxygens (including phenoxy) is 1. The number of nitrogens with zero attached hydrogens (tertiary/aromatic N) is 2. The van der Waals surface area contributed by atoms with Gasteiger partial charge in [-0.25, -0.2) is 4.98 Å². The van der Waals surface area contributed by atoms with Gasteiger partial charge in [0, 0.05) is 49.9 Å². The van der Waals surface area contributed by atoms with Gasteiger partial charge >= 0.3 is 0 Å². The van der Waals surface area contributed by atoms with E-state index in [0.29, 0.717) is 24.3 Å². The third kappa shape index (κ3) is 4.44. The van der Waals surface area contributed by atoms with E-state index in [9.17, 15) is 4.79 Å². The van der Waals surface area contributed by atoms with Crippen molar-refractivity contribution in [1.29, 1.82) is 0 Å². The largest absolute Gasteiger partial charge is 0.497 e. The summed E-state index contributed by atoms with van der Waals surface area (Å²) in [6, 6.07) is 8.14. The summed E-state index contributed by atoms with van der Waals surface area (Å²) in [4.78, 5) is 21.7. The smallest absolute Gasteiger partial charge is 0.239 e. The fraction of sp³-hybridized carbons (Fsp3) is 0.524. The van der Waals surface area contributed by atoms with E-state index < -0.39 is 6.04 Å². The standard InChI is InChI=1S/C21H30N6O2/c1-29-17-4-2-3-15(9-17)18-12-25-26-20(18)14-5-7-27(8-6-14)21(28)19(22)10-16-11-23-13-24-16/h2-4,9,11,13-14,18-20,25-26H,5-8,10,12,22H2,1H3,(H,23,24)/t18?,19-,20?/m0/s1. The second-order valence-electron chi connectivity index (χ2n) is 7.98. The minimum absolute atomic E-state index is 0.0277. The number of hydrogen-bond acceptors (Lipinski definition) is 6. The van der Waals surface area contributed by atoms with E-state index in [1.54, 1.807) is 19.6 Å². The van der Waals surface area contributed by atoms with Crippen LogP contribution in [-0.2, 0) is 11.2 Å². The van der Waals surface area contributed by atoms with Crippen molar-refractivity contribution < 1.29 is 9.53 Å². The summed E-state index contributed by atoms with van der Waals surface area (Å²) in [5, 5.41) is 0. The van der Waals surface area contributed by atoms with Gasteiger partial charge in [-0.05, 0) is 36.5 Å². The van der Waals surface area contributed by atoms with Crippen molar-refractivity contribution in [3.05, 3.63) is 48.0 Å². The molecule has 4 rings (SSSR count). The molecule has 1 amide bonds. The molecule has 2 aliphatic heterocycles. The molecular formula is C21H30N6O2. The lowest BCUT2D eigenvalue weighted by Gasteiger charge is -2.37. The molecule has 29 heavy (non-hydrogen) atoms. The maximum atomic E-state index is 12.7. The minimum Gasteiger partial charge on any atom is -0.497 e. The Morgan fingerprint density at radius 3 is 2.93 bits per heavy atom. The van der Waals surface area contributed by atoms with Crippen molar-refractivity contribution in [2.24, 2.45) is 11.7 Å². The zero-order chi connectivity index (χ0) is 20.2. The highest BCUT2D eigenvalue weighted by molar-refractivity contribution is 5.82. The number of hydrogen-bond donors (Lipinski definition) is 4. The normalized spacial score (nSPS) is 23.9. The third-order valence-electron chi connectivity index (χ3n) is 6.22. The van der Waals surface area contributed by atoms with Crippen LogP contribution in [0.15, 0.2) is 36.8 Å². The number of aromatic amines is 1. The molecule has 0 radical (unpaired) electrons. The Kier molecular flexibility index (Phi) is 6.13. The van der Waals surface area contributed by atoms with Crippen molar-refractivity contribution in [3.8, 4) is 5.75 Å². The van der Waals surface area contributed by atoms with Crippen molar-refractivity contribution in [2.75, 3.05) is 26.7 Å². The number of hydrazine groups is 1. The van der Waals surface area contributed by atoms with Gasteiger partial charge in [0.2, 0.25) is 5.91 Å². The van der Waals surface area contributed by atoms with Crippen LogP contribution < -0.4 is 21.3 Å². The zero-order valence-electron chi connectivity index (χ0n) is 16.8. The fourth-order valence-electron chi connectivity index (χ4n) is 4.59. The van der Waals surface area contributed by atoms with E-state index in [1.165, 1.54) is 5.56 Å². The van der Waals surface area contributed by atoms with Gasteiger partial charge in [-0.3, -0.25) is 15.6 Å². The number of aromatic nitrogens is 2. The molecule has 2 aliphatic rings. The summed E-state index contributed by atoms with van der Waals surface area (Å²) in [6.45, 7) is 2.40. The monoisotopic (exact) mass is 398 g/mol. The molecule has 1 aromatic heterocycles. The number of benzene rings is 1. The summed E-state index contributed by atoms with van der Waals surface area (Å²) in [6.07, 6.45) is 5.77. The summed E-state index contributed by atoms with van der Waals surface area (Å²) in [5.41, 5.74) is 15.1. The number of H-pyrrole nitrogens is 1. The molecule has 2 unspecified atom stereocenters. The van der Waals surface area contributed by atoms with E-state index in [4.69, 9.17) is 10.5 Å². The summed E-state index contributed by atoms with van der Waals surface area (Å²) < 4.78 is 5.39. The summed E-state index contributed by atoms with van der Waals surface area (Å²) in [7, 11) is 1.70. The predicted molar refractivity (Wildman–Crippen MR) is 110 cm³/mol. The number of carbonyl (C=O) groups is 1. The molecular weight excluding hydrogens is 368 g/mol. The molecule has 1 aromatic carbocycles. The molecule has 8 nitrogen and oxygen atoms in total. The van der Waals surface area contributed by atoms with Gasteiger partial charge in [0.1, 0.15) is 5.75 Å². The van der Waals surface area contributed by atoms with Crippen LogP contribution in [0.2, 0.25) is 0 Å². The molecule has 5 N–H and O–H groups in total. The number of imidazole rings is 1. The van der Waals surface area contributed by atoms with E-state index in [2.05, 4.69) is 33.0 Å². The van der Waals surface area contributed by atoms with E-state index in [-0.39, 0.29) is 5.91 Å². The van der Waals surface area contributed by atoms with Crippen LogP contribution >= 0.6 is 0 Å². The van der Waals surface area contributed by atoms with Gasteiger partial charge in [-0.2, -0.15) is 0 Å². The first-order valence-electron chi connectivity index (χ1n) is 10.3. The Hall–Kier alpha value is -2.42. The Bertz CT molecular complexity index is 803. The minimum atomic E-state index is -0.525. The lowest BCUT2D eigenvalue weighted by molar-refractivity contribution is -0.134. The molecule has 156 valence electrons. The number of nitrogens with one attached hydrogen (secondary N) is 3. The number of amides is 1. The first-order chi connectivity index (χ1) is 14.2. The lowest BCUT2D eigenvalue weighted by atomic mass is 9.80. The van der Waals surface area contributed by atoms with Gasteiger partial charge in [0.05, 0.1) is 19.5 Å². The summed E-state index contributed by atoms with van der Waals surface area (Å²) >= 11 is 0. The maximum absolute atomic E-state index is 12.7. The number of piperidine rings is 1. The van der Waals surface area contributed by atoms with Crippen molar-refractivity contribution >= 4 is 5.91 Å². The van der Waals surface area contributed by atoms with Crippen molar-refractivity contribution in [2.45, 2.75) is 37.3 Å². The highest BCUT2D eigenvalue weighted by Gasteiger charge is 2.37. The van der Waals surface area contributed by atoms with Crippen LogP contribution in [0.25, 0.3) is 0 Å². The molecule has 0 bridgehead atoms. The zero-order valence-corrected chi connectivity index (χ0v) is 16.8. The number of rotatable bonds is 6. The summed E-state index contributed by atoms with van der Waals surface area (Å²) in [5.74, 6) is 1.81. The van der Waals surface area contributed by atoms with Crippen LogP contribution in [0.1, 0.15) is 30.0 Å². The molecule has 0 aliphatic carbocycles. The first-order valence-corrected chi connectivity index (χ1v) is 10.3. The van der Waals surface area contributed by atoms with Crippen LogP contribution in [-0.4, -0.2) is 59.6 Å². The second kappa shape index (κ2) is 8.94. The molecule has 3 atom stereocenters. The van der Waals surface area contributed by atoms with Crippen LogP contribution in [0, 0.1) is 5.92 Å². The number of carbonyl (C=O) groups excluding carboxylic acids is 1. The Morgan fingerprint density at radius 1 is 1.38 bits per heavy atom. The molecule has 0 spiro atoms. The Labute approximate surface area is 171 Å². The first kappa shape index (κ1) is 19.9. The Morgan fingerprint density at radius 2 is 2.21 bits per heavy atom. The average Bonchev–Trinajstić information content (AvgIpc) is 3.45. The quantitative estimate of drug-likeness (QED) is 0.573. The van der Waals surface area contributed by atoms with Crippen molar-refractivity contribution in [3.63, 3.8) is 0 Å². The van der Waals surface area contributed by atoms with Crippen LogP contribution in [0.3, 0.4) is 0 Å². The number of methoxy groups -OCH3 is 1. The van der Waals surface area contributed by atoms with Gasteiger partial charge in [-0.15, -0.1) is 0 Å². The Balaban J connectivity index is 1.34. The van der Waals surface area contributed by atoms with Gasteiger partial charge in [0.15, 0.2) is 0 Å². The predicted octanol–water partition coefficient (Wildman–Crippen LogP) is 0.787. The van der Waals surface area contributed by atoms with Gasteiger partial charge in [0.25, 0.3) is 0 Å². The SMILES string of the molecule is COc1cccc(C2CNNC2C2CCN(C(=O)[C@@H](N)Cc3cnc[nH]3)CC2)c1. The molecule has 3 heterocycles. The maximum Gasteiger partial charge on any atom is 0.239 e. The number of likely N-dealkylation sites (tertiary alicyclic amines) is 1. The topological polar surface area (TPSA) is 108 Å². The highest BCUT2D eigenvalue weighted by Crippen LogP contribution is 2.33. The van der Waals surface area contributed by atoms with Gasteiger partial charge < -0.3 is 20.4 Å². The molecule has 8 heteroatoms.